The highest BCUT2D eigenvalue weighted by Gasteiger charge is 2.23. The van der Waals surface area contributed by atoms with E-state index in [2.05, 4.69) is 0 Å². The van der Waals surface area contributed by atoms with Crippen molar-refractivity contribution in [2.24, 2.45) is 5.14 Å². The van der Waals surface area contributed by atoms with Crippen LogP contribution in [0.5, 0.6) is 0 Å². The molecular weight excluding hydrogens is 154 g/mol. The molecule has 0 amide bonds. The van der Waals surface area contributed by atoms with Gasteiger partial charge in [-0.2, -0.15) is 0 Å². The maximum atomic E-state index is 10.6. The Balaban J connectivity index is 2.56. The predicted molar refractivity (Wildman–Crippen MR) is 36.7 cm³/mol. The summed E-state index contributed by atoms with van der Waals surface area (Å²) in [5.74, 6) is 0. The van der Waals surface area contributed by atoms with Gasteiger partial charge in [0.1, 0.15) is 0 Å². The van der Waals surface area contributed by atoms with Gasteiger partial charge in [0.25, 0.3) is 0 Å². The van der Waals surface area contributed by atoms with Crippen LogP contribution in [-0.2, 0) is 14.8 Å². The Morgan fingerprint density at radius 3 is 2.40 bits per heavy atom. The highest BCUT2D eigenvalue weighted by molar-refractivity contribution is 7.89. The van der Waals surface area contributed by atoms with Crippen LogP contribution in [0.4, 0.5) is 0 Å². The first kappa shape index (κ1) is 7.97. The molecule has 0 bridgehead atoms. The number of primary sulfonamides is 1. The van der Waals surface area contributed by atoms with Crippen LogP contribution in [0.3, 0.4) is 0 Å². The molecule has 1 fully saturated rings. The summed E-state index contributed by atoms with van der Waals surface area (Å²) in [6, 6.07) is 0. The predicted octanol–water partition coefficient (Wildman–Crippen LogP) is -0.198. The molecular formula is C5H11NO3S. The lowest BCUT2D eigenvalue weighted by Crippen LogP contribution is -2.33. The van der Waals surface area contributed by atoms with Crippen molar-refractivity contribution in [2.45, 2.75) is 24.7 Å². The number of hydrogen-bond donors (Lipinski definition) is 1. The summed E-state index contributed by atoms with van der Waals surface area (Å²) in [7, 11) is -3.45. The summed E-state index contributed by atoms with van der Waals surface area (Å²) in [6.45, 7) is 0.515. The summed E-state index contributed by atoms with van der Waals surface area (Å²) in [5, 5.41) is 4.86. The molecule has 1 rings (SSSR count). The van der Waals surface area contributed by atoms with E-state index in [0.717, 1.165) is 12.8 Å². The third-order valence-electron chi connectivity index (χ3n) is 1.50. The fourth-order valence-electron chi connectivity index (χ4n) is 0.970. The molecule has 5 heteroatoms. The van der Waals surface area contributed by atoms with E-state index in [9.17, 15) is 8.42 Å². The second-order valence-electron chi connectivity index (χ2n) is 2.39. The third-order valence-corrected chi connectivity index (χ3v) is 2.61. The minimum absolute atomic E-state index is 0.515. The van der Waals surface area contributed by atoms with Gasteiger partial charge in [-0.15, -0.1) is 0 Å². The van der Waals surface area contributed by atoms with E-state index >= 15 is 0 Å². The molecule has 0 saturated carbocycles. The maximum Gasteiger partial charge on any atom is 0.236 e. The molecule has 0 radical (unpaired) electrons. The van der Waals surface area contributed by atoms with Crippen LogP contribution >= 0.6 is 0 Å². The normalized spacial score (nSPS) is 28.3. The Morgan fingerprint density at radius 1 is 1.40 bits per heavy atom. The van der Waals surface area contributed by atoms with Crippen molar-refractivity contribution in [3.63, 3.8) is 0 Å². The van der Waals surface area contributed by atoms with Crippen molar-refractivity contribution >= 4 is 10.0 Å². The average Bonchev–Trinajstić information content (AvgIpc) is 1.88. The van der Waals surface area contributed by atoms with Gasteiger partial charge < -0.3 is 4.74 Å². The zero-order valence-electron chi connectivity index (χ0n) is 5.62. The number of nitrogens with two attached hydrogens (primary N) is 1. The Morgan fingerprint density at radius 2 is 2.10 bits per heavy atom. The molecule has 4 nitrogen and oxygen atoms in total. The van der Waals surface area contributed by atoms with Crippen LogP contribution in [0.2, 0.25) is 0 Å². The molecule has 0 aromatic rings. The van der Waals surface area contributed by atoms with Crippen LogP contribution in [0.25, 0.3) is 0 Å². The van der Waals surface area contributed by atoms with Gasteiger partial charge in [-0.05, 0) is 19.3 Å². The van der Waals surface area contributed by atoms with Gasteiger partial charge >= 0.3 is 0 Å². The Kier molecular flexibility index (Phi) is 2.28. The van der Waals surface area contributed by atoms with Crippen molar-refractivity contribution < 1.29 is 13.2 Å². The molecule has 0 spiro atoms. The topological polar surface area (TPSA) is 69.4 Å². The first-order valence-electron chi connectivity index (χ1n) is 3.24. The molecule has 0 aliphatic carbocycles. The van der Waals surface area contributed by atoms with Gasteiger partial charge in [0.15, 0.2) is 5.44 Å². The standard InChI is InChI=1S/C5H11NO3S/c6-10(7,8)5-3-1-2-4-9-5/h5H,1-4H2,(H2,6,7,8). The van der Waals surface area contributed by atoms with E-state index in [1.165, 1.54) is 0 Å². The Hall–Kier alpha value is -0.130. The molecule has 1 heterocycles. The lowest BCUT2D eigenvalue weighted by Gasteiger charge is -2.19. The van der Waals surface area contributed by atoms with E-state index in [4.69, 9.17) is 9.88 Å². The molecule has 60 valence electrons. The second-order valence-corrected chi connectivity index (χ2v) is 4.09. The Labute approximate surface area is 60.4 Å². The molecule has 1 atom stereocenters. The van der Waals surface area contributed by atoms with Crippen molar-refractivity contribution in [1.82, 2.24) is 0 Å². The van der Waals surface area contributed by atoms with Crippen molar-refractivity contribution in [3.05, 3.63) is 0 Å². The van der Waals surface area contributed by atoms with Crippen LogP contribution in [0, 0.1) is 0 Å². The molecule has 1 saturated heterocycles. The van der Waals surface area contributed by atoms with Crippen LogP contribution in [0.15, 0.2) is 0 Å². The molecule has 0 aromatic heterocycles. The van der Waals surface area contributed by atoms with Gasteiger partial charge in [-0.3, -0.25) is 0 Å². The average molecular weight is 165 g/mol. The zero-order chi connectivity index (χ0) is 7.61. The summed E-state index contributed by atoms with van der Waals surface area (Å²) < 4.78 is 26.2. The van der Waals surface area contributed by atoms with Gasteiger partial charge in [-0.1, -0.05) is 0 Å². The first-order chi connectivity index (χ1) is 4.61. The largest absolute Gasteiger partial charge is 0.361 e. The minimum Gasteiger partial charge on any atom is -0.361 e. The molecule has 0 aromatic carbocycles. The smallest absolute Gasteiger partial charge is 0.236 e. The number of sulfonamides is 1. The fourth-order valence-corrected chi connectivity index (χ4v) is 1.75. The SMILES string of the molecule is NS(=O)(=O)C1CCCCO1. The van der Waals surface area contributed by atoms with E-state index < -0.39 is 15.5 Å². The maximum absolute atomic E-state index is 10.6. The molecule has 2 N–H and O–H groups in total. The van der Waals surface area contributed by atoms with Crippen LogP contribution < -0.4 is 5.14 Å². The summed E-state index contributed by atoms with van der Waals surface area (Å²) in [5.41, 5.74) is -0.749. The third kappa shape index (κ3) is 1.93. The van der Waals surface area contributed by atoms with Gasteiger partial charge in [0.05, 0.1) is 0 Å². The van der Waals surface area contributed by atoms with Crippen LogP contribution in [0.1, 0.15) is 19.3 Å². The summed E-state index contributed by atoms with van der Waals surface area (Å²) in [6.07, 6.45) is 2.37. The summed E-state index contributed by atoms with van der Waals surface area (Å²) in [4.78, 5) is 0. The van der Waals surface area contributed by atoms with Crippen molar-refractivity contribution in [2.75, 3.05) is 6.61 Å². The summed E-state index contributed by atoms with van der Waals surface area (Å²) >= 11 is 0. The van der Waals surface area contributed by atoms with Crippen molar-refractivity contribution in [3.8, 4) is 0 Å². The quantitative estimate of drug-likeness (QED) is 0.585. The van der Waals surface area contributed by atoms with E-state index in [1.807, 2.05) is 0 Å². The van der Waals surface area contributed by atoms with Crippen LogP contribution in [-0.4, -0.2) is 20.5 Å². The highest BCUT2D eigenvalue weighted by Crippen LogP contribution is 2.15. The minimum atomic E-state index is -3.45. The van der Waals surface area contributed by atoms with E-state index in [1.54, 1.807) is 0 Å². The number of hydrogen-bond acceptors (Lipinski definition) is 3. The van der Waals surface area contributed by atoms with Gasteiger partial charge in [-0.25, -0.2) is 13.6 Å². The highest BCUT2D eigenvalue weighted by atomic mass is 32.2. The second kappa shape index (κ2) is 2.86. The number of rotatable bonds is 1. The molecule has 1 aliphatic rings. The Bertz CT molecular complexity index is 193. The van der Waals surface area contributed by atoms with Gasteiger partial charge in [0, 0.05) is 6.61 Å². The zero-order valence-corrected chi connectivity index (χ0v) is 6.43. The lowest BCUT2D eigenvalue weighted by atomic mass is 10.2. The first-order valence-corrected chi connectivity index (χ1v) is 4.85. The monoisotopic (exact) mass is 165 g/mol. The van der Waals surface area contributed by atoms with Gasteiger partial charge in [0.2, 0.25) is 10.0 Å². The number of ether oxygens (including phenoxy) is 1. The van der Waals surface area contributed by atoms with E-state index in [-0.39, 0.29) is 0 Å². The van der Waals surface area contributed by atoms with E-state index in [0.29, 0.717) is 13.0 Å². The fraction of sp³-hybridized carbons (Fsp3) is 1.00. The molecule has 1 unspecified atom stereocenters. The van der Waals surface area contributed by atoms with Crippen molar-refractivity contribution in [1.29, 1.82) is 0 Å². The molecule has 10 heavy (non-hydrogen) atoms. The lowest BCUT2D eigenvalue weighted by molar-refractivity contribution is 0.0661. The molecule has 1 aliphatic heterocycles.